The Hall–Kier alpha value is -1.30. The van der Waals surface area contributed by atoms with E-state index in [9.17, 15) is 18.0 Å². The minimum Gasteiger partial charge on any atom is -0.335 e. The van der Waals surface area contributed by atoms with Crippen molar-refractivity contribution in [2.75, 3.05) is 50.8 Å². The fraction of sp³-hybridized carbons (Fsp3) is 0.700. The van der Waals surface area contributed by atoms with E-state index in [1.807, 2.05) is 0 Å². The quantitative estimate of drug-likeness (QED) is 0.705. The van der Waals surface area contributed by atoms with Crippen molar-refractivity contribution in [1.82, 2.24) is 19.4 Å². The van der Waals surface area contributed by atoms with Gasteiger partial charge < -0.3 is 15.1 Å². The van der Waals surface area contributed by atoms with Gasteiger partial charge in [-0.05, 0) is 24.3 Å². The molecule has 1 aliphatic carbocycles. The maximum Gasteiger partial charge on any atom is 0.317 e. The van der Waals surface area contributed by atoms with Crippen LogP contribution in [0.5, 0.6) is 0 Å². The monoisotopic (exact) mass is 486 g/mol. The molecule has 0 bridgehead atoms. The molecular formula is C20H30N4O4S3. The number of amides is 3. The third-order valence-electron chi connectivity index (χ3n) is 6.20. The van der Waals surface area contributed by atoms with Gasteiger partial charge in [-0.25, -0.2) is 13.2 Å². The molecule has 0 unspecified atom stereocenters. The molecule has 0 spiro atoms. The number of sulfonamides is 1. The second kappa shape index (κ2) is 10.1. The van der Waals surface area contributed by atoms with Crippen LogP contribution in [-0.2, 0) is 10.0 Å². The van der Waals surface area contributed by atoms with E-state index in [1.165, 1.54) is 22.1 Å². The first-order valence-electron chi connectivity index (χ1n) is 11.0. The van der Waals surface area contributed by atoms with E-state index in [1.54, 1.807) is 33.0 Å². The van der Waals surface area contributed by atoms with Crippen molar-refractivity contribution in [2.24, 2.45) is 0 Å². The van der Waals surface area contributed by atoms with Crippen LogP contribution in [0, 0.1) is 0 Å². The summed E-state index contributed by atoms with van der Waals surface area (Å²) >= 11 is 2.92. The highest BCUT2D eigenvalue weighted by atomic mass is 32.2. The molecule has 0 aromatic carbocycles. The molecule has 1 saturated carbocycles. The van der Waals surface area contributed by atoms with Gasteiger partial charge in [-0.15, -0.1) is 11.3 Å². The second-order valence-corrected chi connectivity index (χ2v) is 12.2. The van der Waals surface area contributed by atoms with Crippen molar-refractivity contribution in [2.45, 2.75) is 43.0 Å². The van der Waals surface area contributed by atoms with E-state index in [0.717, 1.165) is 37.2 Å². The van der Waals surface area contributed by atoms with Crippen molar-refractivity contribution in [1.29, 1.82) is 0 Å². The SMILES string of the molecule is O=C(NC1CCCCC1)N1CCN(C(=O)c2sccc2S(=O)(=O)N2CCSCC2)CC1. The highest BCUT2D eigenvalue weighted by Gasteiger charge is 2.34. The smallest absolute Gasteiger partial charge is 0.317 e. The van der Waals surface area contributed by atoms with Crippen LogP contribution in [0.15, 0.2) is 16.3 Å². The summed E-state index contributed by atoms with van der Waals surface area (Å²) in [6, 6.07) is 1.75. The molecule has 0 radical (unpaired) electrons. The maximum atomic E-state index is 13.1. The topological polar surface area (TPSA) is 90.0 Å². The van der Waals surface area contributed by atoms with Gasteiger partial charge in [-0.3, -0.25) is 4.79 Å². The van der Waals surface area contributed by atoms with E-state index >= 15 is 0 Å². The summed E-state index contributed by atoms with van der Waals surface area (Å²) in [4.78, 5) is 29.5. The molecule has 1 aromatic heterocycles. The van der Waals surface area contributed by atoms with Gasteiger partial charge in [0.2, 0.25) is 10.0 Å². The number of carbonyl (C=O) groups is 2. The highest BCUT2D eigenvalue weighted by Crippen LogP contribution is 2.28. The van der Waals surface area contributed by atoms with Gasteiger partial charge in [0, 0.05) is 56.8 Å². The molecule has 3 fully saturated rings. The standard InChI is InChI=1S/C20H30N4O4S3/c25-19(18-17(6-13-30-18)31(27,28)24-11-14-29-15-12-24)22-7-9-23(10-8-22)20(26)21-16-4-2-1-3-5-16/h6,13,16H,1-5,7-12,14-15H2,(H,21,26). The third-order valence-corrected chi connectivity index (χ3v) is 10.1. The fourth-order valence-corrected chi connectivity index (χ4v) is 8.29. The van der Waals surface area contributed by atoms with Crippen LogP contribution in [0.25, 0.3) is 0 Å². The molecule has 31 heavy (non-hydrogen) atoms. The number of hydrogen-bond acceptors (Lipinski definition) is 6. The van der Waals surface area contributed by atoms with Crippen molar-refractivity contribution in [3.63, 3.8) is 0 Å². The van der Waals surface area contributed by atoms with Gasteiger partial charge in [0.25, 0.3) is 5.91 Å². The maximum absolute atomic E-state index is 13.1. The van der Waals surface area contributed by atoms with Crippen molar-refractivity contribution in [3.8, 4) is 0 Å². The van der Waals surface area contributed by atoms with Gasteiger partial charge in [0.1, 0.15) is 9.77 Å². The van der Waals surface area contributed by atoms with Crippen LogP contribution >= 0.6 is 23.1 Å². The molecule has 3 amide bonds. The predicted octanol–water partition coefficient (Wildman–Crippen LogP) is 2.29. The molecule has 3 aliphatic rings. The van der Waals surface area contributed by atoms with Crippen LogP contribution in [0.1, 0.15) is 41.8 Å². The third kappa shape index (κ3) is 5.20. The van der Waals surface area contributed by atoms with Crippen molar-refractivity contribution < 1.29 is 18.0 Å². The minimum atomic E-state index is -3.67. The first-order valence-corrected chi connectivity index (χ1v) is 14.4. The molecular weight excluding hydrogens is 456 g/mol. The van der Waals surface area contributed by atoms with E-state index in [-0.39, 0.29) is 27.8 Å². The normalized spacial score (nSPS) is 21.8. The van der Waals surface area contributed by atoms with Crippen LogP contribution in [0.3, 0.4) is 0 Å². The number of hydrogen-bond donors (Lipinski definition) is 1. The Morgan fingerprint density at radius 1 is 0.935 bits per heavy atom. The molecule has 2 saturated heterocycles. The van der Waals surface area contributed by atoms with E-state index in [0.29, 0.717) is 39.3 Å². The summed E-state index contributed by atoms with van der Waals surface area (Å²) in [5.41, 5.74) is 0. The Balaban J connectivity index is 1.36. The molecule has 8 nitrogen and oxygen atoms in total. The van der Waals surface area contributed by atoms with Crippen LogP contribution in [0.2, 0.25) is 0 Å². The molecule has 4 rings (SSSR count). The molecule has 0 atom stereocenters. The number of urea groups is 1. The highest BCUT2D eigenvalue weighted by molar-refractivity contribution is 7.99. The number of thioether (sulfide) groups is 1. The van der Waals surface area contributed by atoms with Gasteiger partial charge in [0.15, 0.2) is 0 Å². The van der Waals surface area contributed by atoms with Gasteiger partial charge in [0.05, 0.1) is 0 Å². The Bertz CT molecular complexity index is 884. The summed E-state index contributed by atoms with van der Waals surface area (Å²) in [7, 11) is -3.67. The zero-order valence-corrected chi connectivity index (χ0v) is 20.1. The largest absolute Gasteiger partial charge is 0.335 e. The number of nitrogens with one attached hydrogen (secondary N) is 1. The summed E-state index contributed by atoms with van der Waals surface area (Å²) in [6.07, 6.45) is 5.64. The van der Waals surface area contributed by atoms with Gasteiger partial charge in [-0.2, -0.15) is 16.1 Å². The summed E-state index contributed by atoms with van der Waals surface area (Å²) in [5.74, 6) is 1.29. The Morgan fingerprint density at radius 2 is 1.58 bits per heavy atom. The van der Waals surface area contributed by atoms with Crippen molar-refractivity contribution >= 4 is 45.1 Å². The lowest BCUT2D eigenvalue weighted by molar-refractivity contribution is 0.0663. The Morgan fingerprint density at radius 3 is 2.26 bits per heavy atom. The zero-order chi connectivity index (χ0) is 21.8. The number of nitrogens with zero attached hydrogens (tertiary/aromatic N) is 3. The minimum absolute atomic E-state index is 0.0543. The summed E-state index contributed by atoms with van der Waals surface area (Å²) in [5, 5.41) is 4.80. The predicted molar refractivity (Wildman–Crippen MR) is 123 cm³/mol. The zero-order valence-electron chi connectivity index (χ0n) is 17.6. The average Bonchev–Trinajstić information content (AvgIpc) is 3.31. The number of carbonyl (C=O) groups excluding carboxylic acids is 2. The van der Waals surface area contributed by atoms with E-state index in [2.05, 4.69) is 5.32 Å². The van der Waals surface area contributed by atoms with Crippen LogP contribution < -0.4 is 5.32 Å². The molecule has 2 aliphatic heterocycles. The molecule has 3 heterocycles. The summed E-state index contributed by atoms with van der Waals surface area (Å²) < 4.78 is 27.6. The van der Waals surface area contributed by atoms with Crippen molar-refractivity contribution in [3.05, 3.63) is 16.3 Å². The number of piperazine rings is 1. The summed E-state index contributed by atoms with van der Waals surface area (Å²) in [6.45, 7) is 2.70. The van der Waals surface area contributed by atoms with E-state index < -0.39 is 10.0 Å². The lowest BCUT2D eigenvalue weighted by Crippen LogP contribution is -2.54. The molecule has 172 valence electrons. The average molecular weight is 487 g/mol. The first kappa shape index (κ1) is 22.9. The molecule has 11 heteroatoms. The van der Waals surface area contributed by atoms with E-state index in [4.69, 9.17) is 0 Å². The number of rotatable bonds is 4. The fourth-order valence-electron chi connectivity index (χ4n) is 4.35. The van der Waals surface area contributed by atoms with Gasteiger partial charge >= 0.3 is 6.03 Å². The lowest BCUT2D eigenvalue weighted by atomic mass is 9.96. The van der Waals surface area contributed by atoms with Crippen LogP contribution in [-0.4, -0.2) is 91.3 Å². The Labute approximate surface area is 192 Å². The Kier molecular flexibility index (Phi) is 7.45. The molecule has 1 aromatic rings. The lowest BCUT2D eigenvalue weighted by Gasteiger charge is -2.36. The first-order chi connectivity index (χ1) is 15.0. The number of thiophene rings is 1. The molecule has 1 N–H and O–H groups in total. The van der Waals surface area contributed by atoms with Gasteiger partial charge in [-0.1, -0.05) is 19.3 Å². The second-order valence-electron chi connectivity index (χ2n) is 8.19. The van der Waals surface area contributed by atoms with Crippen LogP contribution in [0.4, 0.5) is 4.79 Å².